The molecule has 156 valence electrons. The third-order valence-corrected chi connectivity index (χ3v) is 4.07. The molecular formula is C22H32O6. The lowest BCUT2D eigenvalue weighted by Gasteiger charge is -2.19. The summed E-state index contributed by atoms with van der Waals surface area (Å²) in [6, 6.07) is 9.36. The second kappa shape index (κ2) is 12.2. The first kappa shape index (κ1) is 23.7. The second-order valence-corrected chi connectivity index (χ2v) is 8.00. The van der Waals surface area contributed by atoms with Crippen LogP contribution in [0.5, 0.6) is 0 Å². The lowest BCUT2D eigenvalue weighted by molar-refractivity contribution is -0.155. The molecule has 0 aliphatic rings. The molecule has 0 amide bonds. The van der Waals surface area contributed by atoms with Gasteiger partial charge in [-0.1, -0.05) is 43.2 Å². The summed E-state index contributed by atoms with van der Waals surface area (Å²) in [6.45, 7) is 5.68. The van der Waals surface area contributed by atoms with Crippen molar-refractivity contribution in [3.05, 3.63) is 35.9 Å². The van der Waals surface area contributed by atoms with E-state index in [4.69, 9.17) is 14.6 Å². The average molecular weight is 392 g/mol. The Morgan fingerprint density at radius 3 is 2.25 bits per heavy atom. The molecule has 0 bridgehead atoms. The van der Waals surface area contributed by atoms with Gasteiger partial charge in [-0.3, -0.25) is 14.4 Å². The van der Waals surface area contributed by atoms with Gasteiger partial charge in [0.15, 0.2) is 0 Å². The first-order valence-electron chi connectivity index (χ1n) is 9.79. The van der Waals surface area contributed by atoms with E-state index < -0.39 is 11.6 Å². The zero-order valence-corrected chi connectivity index (χ0v) is 17.1. The van der Waals surface area contributed by atoms with Crippen molar-refractivity contribution in [2.24, 2.45) is 5.92 Å². The van der Waals surface area contributed by atoms with E-state index in [0.29, 0.717) is 19.3 Å². The van der Waals surface area contributed by atoms with Gasteiger partial charge in [-0.15, -0.1) is 0 Å². The van der Waals surface area contributed by atoms with Crippen molar-refractivity contribution in [1.29, 1.82) is 0 Å². The van der Waals surface area contributed by atoms with Crippen LogP contribution in [0.15, 0.2) is 30.3 Å². The molecule has 0 spiro atoms. The van der Waals surface area contributed by atoms with Gasteiger partial charge in [0.1, 0.15) is 12.2 Å². The quantitative estimate of drug-likeness (QED) is 0.416. The predicted molar refractivity (Wildman–Crippen MR) is 106 cm³/mol. The van der Waals surface area contributed by atoms with Gasteiger partial charge in [0, 0.05) is 19.3 Å². The van der Waals surface area contributed by atoms with E-state index in [2.05, 4.69) is 0 Å². The number of aliphatic carboxylic acids is 1. The van der Waals surface area contributed by atoms with Gasteiger partial charge in [-0.25, -0.2) is 0 Å². The molecule has 1 rings (SSSR count). The summed E-state index contributed by atoms with van der Waals surface area (Å²) >= 11 is 0. The molecular weight excluding hydrogens is 360 g/mol. The van der Waals surface area contributed by atoms with Gasteiger partial charge in [-0.2, -0.15) is 0 Å². The number of esters is 2. The van der Waals surface area contributed by atoms with E-state index in [9.17, 15) is 14.4 Å². The van der Waals surface area contributed by atoms with Gasteiger partial charge in [-0.05, 0) is 45.1 Å². The topological polar surface area (TPSA) is 89.9 Å². The van der Waals surface area contributed by atoms with Crippen molar-refractivity contribution < 1.29 is 29.0 Å². The summed E-state index contributed by atoms with van der Waals surface area (Å²) in [5.74, 6) is -1.79. The number of carboxylic acid groups (broad SMARTS) is 1. The van der Waals surface area contributed by atoms with Crippen molar-refractivity contribution in [2.45, 2.75) is 77.9 Å². The molecule has 0 saturated heterocycles. The van der Waals surface area contributed by atoms with Crippen LogP contribution in [0.2, 0.25) is 0 Å². The maximum atomic E-state index is 12.0. The minimum Gasteiger partial charge on any atom is -0.481 e. The number of carbonyl (C=O) groups excluding carboxylic acids is 2. The monoisotopic (exact) mass is 392 g/mol. The molecule has 0 unspecified atom stereocenters. The number of rotatable bonds is 12. The molecule has 0 aliphatic heterocycles. The highest BCUT2D eigenvalue weighted by atomic mass is 16.6. The molecule has 0 saturated carbocycles. The number of hydrogen-bond acceptors (Lipinski definition) is 5. The molecule has 0 heterocycles. The Hall–Kier alpha value is -2.37. The van der Waals surface area contributed by atoms with Crippen LogP contribution < -0.4 is 0 Å². The van der Waals surface area contributed by atoms with Crippen LogP contribution in [0.1, 0.15) is 71.3 Å². The minimum absolute atomic E-state index is 0.0630. The molecule has 1 aromatic rings. The summed E-state index contributed by atoms with van der Waals surface area (Å²) in [6.07, 6.45) is 3.22. The maximum Gasteiger partial charge on any atom is 0.306 e. The zero-order valence-electron chi connectivity index (χ0n) is 17.1. The van der Waals surface area contributed by atoms with Gasteiger partial charge in [0.05, 0.1) is 0 Å². The van der Waals surface area contributed by atoms with Crippen molar-refractivity contribution >= 4 is 17.9 Å². The highest BCUT2D eigenvalue weighted by Gasteiger charge is 2.19. The smallest absolute Gasteiger partial charge is 0.306 e. The number of carboxylic acids is 1. The van der Waals surface area contributed by atoms with Crippen molar-refractivity contribution in [2.75, 3.05) is 0 Å². The van der Waals surface area contributed by atoms with E-state index in [1.54, 1.807) is 0 Å². The summed E-state index contributed by atoms with van der Waals surface area (Å²) in [7, 11) is 0. The third kappa shape index (κ3) is 12.1. The van der Waals surface area contributed by atoms with Crippen LogP contribution in [-0.2, 0) is 30.5 Å². The fourth-order valence-electron chi connectivity index (χ4n) is 2.83. The third-order valence-electron chi connectivity index (χ3n) is 4.07. The number of ether oxygens (including phenoxy) is 2. The second-order valence-electron chi connectivity index (χ2n) is 8.00. The Morgan fingerprint density at radius 2 is 1.64 bits per heavy atom. The zero-order chi connectivity index (χ0) is 21.0. The lowest BCUT2D eigenvalue weighted by Crippen LogP contribution is -2.23. The number of carbonyl (C=O) groups is 3. The van der Waals surface area contributed by atoms with Crippen molar-refractivity contribution in [1.82, 2.24) is 0 Å². The first-order valence-corrected chi connectivity index (χ1v) is 9.79. The molecule has 6 heteroatoms. The Morgan fingerprint density at radius 1 is 0.964 bits per heavy atom. The Labute approximate surface area is 167 Å². The van der Waals surface area contributed by atoms with Gasteiger partial charge in [0.2, 0.25) is 0 Å². The highest BCUT2D eigenvalue weighted by Crippen LogP contribution is 2.20. The molecule has 0 aromatic heterocycles. The molecule has 0 aliphatic carbocycles. The molecule has 1 aromatic carbocycles. The fraction of sp³-hybridized carbons (Fsp3) is 0.591. The predicted octanol–water partition coefficient (Wildman–Crippen LogP) is 4.50. The van der Waals surface area contributed by atoms with Gasteiger partial charge >= 0.3 is 17.9 Å². The van der Waals surface area contributed by atoms with Crippen LogP contribution in [0, 0.1) is 5.92 Å². The lowest BCUT2D eigenvalue weighted by atomic mass is 9.94. The molecule has 0 radical (unpaired) electrons. The Kier molecular flexibility index (Phi) is 10.3. The Balaban J connectivity index is 2.30. The summed E-state index contributed by atoms with van der Waals surface area (Å²) < 4.78 is 10.5. The van der Waals surface area contributed by atoms with Crippen LogP contribution in [0.4, 0.5) is 0 Å². The normalized spacial score (nSPS) is 12.2. The van der Waals surface area contributed by atoms with Crippen molar-refractivity contribution in [3.63, 3.8) is 0 Å². The largest absolute Gasteiger partial charge is 0.481 e. The average Bonchev–Trinajstić information content (AvgIpc) is 2.58. The minimum atomic E-state index is -0.922. The van der Waals surface area contributed by atoms with Crippen LogP contribution in [-0.4, -0.2) is 28.6 Å². The van der Waals surface area contributed by atoms with Gasteiger partial charge < -0.3 is 14.6 Å². The molecule has 28 heavy (non-hydrogen) atoms. The highest BCUT2D eigenvalue weighted by molar-refractivity contribution is 5.72. The van der Waals surface area contributed by atoms with Crippen LogP contribution in [0.25, 0.3) is 0 Å². The summed E-state index contributed by atoms with van der Waals surface area (Å²) in [4.78, 5) is 34.8. The van der Waals surface area contributed by atoms with Crippen molar-refractivity contribution in [3.8, 4) is 0 Å². The van der Waals surface area contributed by atoms with E-state index in [-0.39, 0.29) is 37.3 Å². The van der Waals surface area contributed by atoms with Crippen LogP contribution in [0.3, 0.4) is 0 Å². The molecule has 0 fully saturated rings. The summed E-state index contributed by atoms with van der Waals surface area (Å²) in [5.41, 5.74) is 0.414. The SMILES string of the molecule is CC(C)(C)OC(=O)CCCCC[C@H](CC(=O)O)CC(=O)OCc1ccccc1. The van der Waals surface area contributed by atoms with E-state index in [1.165, 1.54) is 0 Å². The van der Waals surface area contributed by atoms with E-state index in [1.807, 2.05) is 51.1 Å². The molecule has 1 N–H and O–H groups in total. The number of hydrogen-bond donors (Lipinski definition) is 1. The molecule has 6 nitrogen and oxygen atoms in total. The number of benzene rings is 1. The Bertz CT molecular complexity index is 618. The first-order chi connectivity index (χ1) is 13.2. The van der Waals surface area contributed by atoms with Crippen LogP contribution >= 0.6 is 0 Å². The number of unbranched alkanes of at least 4 members (excludes halogenated alkanes) is 2. The van der Waals surface area contributed by atoms with E-state index in [0.717, 1.165) is 18.4 Å². The van der Waals surface area contributed by atoms with Gasteiger partial charge in [0.25, 0.3) is 0 Å². The summed E-state index contributed by atoms with van der Waals surface area (Å²) in [5, 5.41) is 9.08. The molecule has 1 atom stereocenters. The standard InChI is InChI=1S/C22H32O6/c1-22(2,3)28-20(25)13-9-5-8-12-18(14-19(23)24)15-21(26)27-16-17-10-6-4-7-11-17/h4,6-7,10-11,18H,5,8-9,12-16H2,1-3H3,(H,23,24)/t18-/m1/s1. The maximum absolute atomic E-state index is 12.0. The fourth-order valence-corrected chi connectivity index (χ4v) is 2.83. The van der Waals surface area contributed by atoms with E-state index >= 15 is 0 Å².